The zero-order chi connectivity index (χ0) is 14.5. The van der Waals surface area contributed by atoms with Gasteiger partial charge in [0.25, 0.3) is 5.91 Å². The van der Waals surface area contributed by atoms with Crippen LogP contribution < -0.4 is 5.73 Å². The largest absolute Gasteiger partial charge is 0.351 e. The number of aromatic nitrogens is 1. The number of hydrogen-bond acceptors (Lipinski definition) is 5. The molecule has 104 valence electrons. The van der Waals surface area contributed by atoms with Crippen LogP contribution in [-0.4, -0.2) is 29.6 Å². The smallest absolute Gasteiger partial charge is 0.292 e. The van der Waals surface area contributed by atoms with Gasteiger partial charge in [0.2, 0.25) is 5.76 Å². The molecule has 6 heteroatoms. The summed E-state index contributed by atoms with van der Waals surface area (Å²) in [5, 5.41) is 5.60. The Morgan fingerprint density at radius 3 is 3.05 bits per heavy atom. The second kappa shape index (κ2) is 6.37. The lowest BCUT2D eigenvalue weighted by atomic mass is 10.2. The third kappa shape index (κ3) is 3.26. The van der Waals surface area contributed by atoms with E-state index in [0.29, 0.717) is 13.1 Å². The molecule has 0 aliphatic carbocycles. The summed E-state index contributed by atoms with van der Waals surface area (Å²) in [5.41, 5.74) is 7.10. The first-order valence-electron chi connectivity index (χ1n) is 6.05. The Bertz CT molecular complexity index is 663. The molecule has 2 aromatic heterocycles. The number of aryl methyl sites for hydroxylation is 1. The van der Waals surface area contributed by atoms with E-state index >= 15 is 0 Å². The van der Waals surface area contributed by atoms with Crippen molar-refractivity contribution in [3.8, 4) is 11.8 Å². The molecule has 2 N–H and O–H groups in total. The van der Waals surface area contributed by atoms with Crippen molar-refractivity contribution < 1.29 is 9.32 Å². The molecule has 2 rings (SSSR count). The maximum atomic E-state index is 12.2. The Hall–Kier alpha value is -2.10. The Morgan fingerprint density at radius 1 is 1.60 bits per heavy atom. The molecular formula is C14H15N3O2S. The molecule has 0 saturated heterocycles. The van der Waals surface area contributed by atoms with Gasteiger partial charge in [-0.15, -0.1) is 11.3 Å². The zero-order valence-electron chi connectivity index (χ0n) is 11.3. The highest BCUT2D eigenvalue weighted by Crippen LogP contribution is 2.17. The van der Waals surface area contributed by atoms with Gasteiger partial charge in [0.1, 0.15) is 0 Å². The maximum absolute atomic E-state index is 12.2. The number of amides is 1. The molecule has 0 aliphatic rings. The zero-order valence-corrected chi connectivity index (χ0v) is 12.2. The predicted molar refractivity (Wildman–Crippen MR) is 77.3 cm³/mol. The van der Waals surface area contributed by atoms with Crippen LogP contribution in [-0.2, 0) is 6.54 Å². The Balaban J connectivity index is 2.04. The normalized spacial score (nSPS) is 9.95. The molecule has 0 radical (unpaired) electrons. The van der Waals surface area contributed by atoms with Crippen molar-refractivity contribution in [2.45, 2.75) is 13.5 Å². The number of hydrogen-bond donors (Lipinski definition) is 1. The van der Waals surface area contributed by atoms with Crippen molar-refractivity contribution in [2.24, 2.45) is 5.73 Å². The van der Waals surface area contributed by atoms with E-state index in [1.165, 1.54) is 6.20 Å². The maximum Gasteiger partial charge on any atom is 0.292 e. The minimum atomic E-state index is -0.180. The fourth-order valence-electron chi connectivity index (χ4n) is 1.68. The van der Waals surface area contributed by atoms with Crippen LogP contribution in [0.4, 0.5) is 0 Å². The van der Waals surface area contributed by atoms with Gasteiger partial charge < -0.3 is 15.2 Å². The van der Waals surface area contributed by atoms with E-state index in [0.717, 1.165) is 16.0 Å². The second-order valence-corrected chi connectivity index (χ2v) is 5.24. The molecule has 0 fully saturated rings. The Morgan fingerprint density at radius 2 is 2.40 bits per heavy atom. The molecule has 0 atom stereocenters. The first-order valence-corrected chi connectivity index (χ1v) is 6.93. The van der Waals surface area contributed by atoms with Gasteiger partial charge in [-0.2, -0.15) is 0 Å². The molecule has 2 heterocycles. The predicted octanol–water partition coefficient (Wildman–Crippen LogP) is 1.63. The minimum absolute atomic E-state index is 0.180. The summed E-state index contributed by atoms with van der Waals surface area (Å²) in [5.74, 6) is 5.89. The van der Waals surface area contributed by atoms with Crippen molar-refractivity contribution in [3.63, 3.8) is 0 Å². The molecule has 0 saturated carbocycles. The summed E-state index contributed by atoms with van der Waals surface area (Å²) in [6.45, 7) is 2.64. The average molecular weight is 289 g/mol. The molecule has 0 unspecified atom stereocenters. The summed E-state index contributed by atoms with van der Waals surface area (Å²) >= 11 is 1.54. The lowest BCUT2D eigenvalue weighted by Crippen LogP contribution is -2.26. The van der Waals surface area contributed by atoms with Crippen molar-refractivity contribution in [2.75, 3.05) is 13.6 Å². The summed E-state index contributed by atoms with van der Waals surface area (Å²) in [4.78, 5) is 14.7. The molecule has 0 aliphatic heterocycles. The van der Waals surface area contributed by atoms with E-state index in [1.54, 1.807) is 30.2 Å². The van der Waals surface area contributed by atoms with Crippen molar-refractivity contribution in [1.29, 1.82) is 0 Å². The SMILES string of the molecule is Cc1cnoc1C(=O)N(C)Cc1csc(C#CCN)c1. The number of nitrogens with two attached hydrogens (primary N) is 1. The van der Waals surface area contributed by atoms with Gasteiger partial charge in [-0.05, 0) is 23.9 Å². The van der Waals surface area contributed by atoms with Crippen LogP contribution in [0.25, 0.3) is 0 Å². The van der Waals surface area contributed by atoms with E-state index in [2.05, 4.69) is 17.0 Å². The summed E-state index contributed by atoms with van der Waals surface area (Å²) in [7, 11) is 1.73. The summed E-state index contributed by atoms with van der Waals surface area (Å²) in [6, 6.07) is 1.96. The van der Waals surface area contributed by atoms with Gasteiger partial charge in [-0.25, -0.2) is 0 Å². The number of nitrogens with zero attached hydrogens (tertiary/aromatic N) is 2. The first-order chi connectivity index (χ1) is 9.61. The fourth-order valence-corrected chi connectivity index (χ4v) is 2.45. The van der Waals surface area contributed by atoms with E-state index in [-0.39, 0.29) is 11.7 Å². The number of rotatable bonds is 3. The first kappa shape index (κ1) is 14.3. The Kier molecular flexibility index (Phi) is 4.56. The quantitative estimate of drug-likeness (QED) is 0.872. The monoisotopic (exact) mass is 289 g/mol. The highest BCUT2D eigenvalue weighted by Gasteiger charge is 2.19. The highest BCUT2D eigenvalue weighted by atomic mass is 32.1. The van der Waals surface area contributed by atoms with Crippen LogP contribution in [0.15, 0.2) is 22.2 Å². The highest BCUT2D eigenvalue weighted by molar-refractivity contribution is 7.10. The fraction of sp³-hybridized carbons (Fsp3) is 0.286. The molecule has 0 bridgehead atoms. The van der Waals surface area contributed by atoms with Gasteiger partial charge in [0.05, 0.1) is 17.6 Å². The third-order valence-corrected chi connectivity index (χ3v) is 3.57. The molecule has 20 heavy (non-hydrogen) atoms. The molecular weight excluding hydrogens is 274 g/mol. The molecule has 0 aromatic carbocycles. The van der Waals surface area contributed by atoms with Gasteiger partial charge in [-0.1, -0.05) is 17.0 Å². The second-order valence-electron chi connectivity index (χ2n) is 4.32. The Labute approximate surface area is 121 Å². The van der Waals surface area contributed by atoms with Crippen LogP contribution in [0.3, 0.4) is 0 Å². The van der Waals surface area contributed by atoms with Crippen molar-refractivity contribution in [1.82, 2.24) is 10.1 Å². The van der Waals surface area contributed by atoms with Crippen LogP contribution >= 0.6 is 11.3 Å². The third-order valence-electron chi connectivity index (χ3n) is 2.68. The lowest BCUT2D eigenvalue weighted by Gasteiger charge is -2.14. The van der Waals surface area contributed by atoms with Gasteiger partial charge >= 0.3 is 0 Å². The number of carbonyl (C=O) groups excluding carboxylic acids is 1. The van der Waals surface area contributed by atoms with Gasteiger partial charge in [-0.3, -0.25) is 4.79 Å². The van der Waals surface area contributed by atoms with Crippen molar-refractivity contribution >= 4 is 17.2 Å². The summed E-state index contributed by atoms with van der Waals surface area (Å²) in [6.07, 6.45) is 1.53. The molecule has 2 aromatic rings. The molecule has 1 amide bonds. The van der Waals surface area contributed by atoms with E-state index in [9.17, 15) is 4.79 Å². The van der Waals surface area contributed by atoms with Gasteiger partial charge in [0, 0.05) is 19.2 Å². The lowest BCUT2D eigenvalue weighted by molar-refractivity contribution is 0.0742. The van der Waals surface area contributed by atoms with E-state index in [4.69, 9.17) is 10.3 Å². The van der Waals surface area contributed by atoms with E-state index in [1.807, 2.05) is 11.4 Å². The van der Waals surface area contributed by atoms with Crippen LogP contribution in [0.1, 0.15) is 26.6 Å². The van der Waals surface area contributed by atoms with Crippen LogP contribution in [0, 0.1) is 18.8 Å². The molecule has 5 nitrogen and oxygen atoms in total. The van der Waals surface area contributed by atoms with E-state index < -0.39 is 0 Å². The molecule has 0 spiro atoms. The summed E-state index contributed by atoms with van der Waals surface area (Å²) < 4.78 is 4.97. The van der Waals surface area contributed by atoms with Crippen LogP contribution in [0.2, 0.25) is 0 Å². The van der Waals surface area contributed by atoms with Crippen molar-refractivity contribution in [3.05, 3.63) is 39.4 Å². The topological polar surface area (TPSA) is 72.4 Å². The minimum Gasteiger partial charge on any atom is -0.351 e. The van der Waals surface area contributed by atoms with Crippen LogP contribution in [0.5, 0.6) is 0 Å². The standard InChI is InChI=1S/C14H15N3O2S/c1-10-7-16-19-13(10)14(18)17(2)8-11-6-12(20-9-11)4-3-5-15/h6-7,9H,5,8,15H2,1-2H3. The number of carbonyl (C=O) groups is 1. The van der Waals surface area contributed by atoms with Gasteiger partial charge in [0.15, 0.2) is 0 Å². The number of thiophene rings is 1. The average Bonchev–Trinajstić information content (AvgIpc) is 3.04.